The standard InChI is InChI=1S/C18H21FN2OS/c1-5-15-7-6-8-16(20-11-15)23-18-14(4)21-17(22-18)12(2)9-10-13(3)19/h6,8-11,14,18H,2-3,5,7H2,1,4H3/b10-9-. The van der Waals surface area contributed by atoms with Crippen LogP contribution >= 0.6 is 11.8 Å². The average Bonchev–Trinajstić information content (AvgIpc) is 2.73. The first-order valence-corrected chi connectivity index (χ1v) is 8.42. The average molecular weight is 332 g/mol. The lowest BCUT2D eigenvalue weighted by molar-refractivity contribution is 0.290. The smallest absolute Gasteiger partial charge is 0.217 e. The Balaban J connectivity index is 1.99. The lowest BCUT2D eigenvalue weighted by Crippen LogP contribution is -2.17. The number of hydrogen-bond donors (Lipinski definition) is 0. The molecule has 0 aromatic heterocycles. The maximum atomic E-state index is 12.7. The summed E-state index contributed by atoms with van der Waals surface area (Å²) in [6, 6.07) is -0.0253. The van der Waals surface area contributed by atoms with Gasteiger partial charge in [-0.05, 0) is 43.6 Å². The van der Waals surface area contributed by atoms with E-state index in [1.54, 1.807) is 0 Å². The van der Waals surface area contributed by atoms with E-state index in [0.717, 1.165) is 17.9 Å². The molecule has 0 radical (unpaired) electrons. The van der Waals surface area contributed by atoms with Crippen molar-refractivity contribution in [2.45, 2.75) is 38.2 Å². The summed E-state index contributed by atoms with van der Waals surface area (Å²) in [5, 5.41) is 0.903. The molecule has 2 atom stereocenters. The summed E-state index contributed by atoms with van der Waals surface area (Å²) in [6.07, 6.45) is 10.7. The number of hydrogen-bond acceptors (Lipinski definition) is 4. The minimum atomic E-state index is -0.528. The molecule has 3 nitrogen and oxygen atoms in total. The van der Waals surface area contributed by atoms with Gasteiger partial charge in [0, 0.05) is 11.8 Å². The fourth-order valence-corrected chi connectivity index (χ4v) is 2.94. The minimum Gasteiger partial charge on any atom is -0.460 e. The molecule has 2 heterocycles. The molecule has 2 rings (SSSR count). The van der Waals surface area contributed by atoms with E-state index >= 15 is 0 Å². The molecule has 2 aliphatic rings. The monoisotopic (exact) mass is 332 g/mol. The summed E-state index contributed by atoms with van der Waals surface area (Å²) in [5.41, 5.74) is 1.67. The van der Waals surface area contributed by atoms with Gasteiger partial charge in [-0.2, -0.15) is 0 Å². The van der Waals surface area contributed by atoms with Gasteiger partial charge in [0.15, 0.2) is 5.44 Å². The van der Waals surface area contributed by atoms with Crippen molar-refractivity contribution < 1.29 is 9.13 Å². The van der Waals surface area contributed by atoms with Gasteiger partial charge in [0.1, 0.15) is 5.83 Å². The molecule has 0 bridgehead atoms. The molecule has 0 aromatic carbocycles. The molecular formula is C18H21FN2OS. The Bertz CT molecular complexity index is 643. The van der Waals surface area contributed by atoms with Crippen molar-refractivity contribution >= 4 is 22.7 Å². The van der Waals surface area contributed by atoms with Crippen LogP contribution in [0.1, 0.15) is 26.7 Å². The van der Waals surface area contributed by atoms with Crippen LogP contribution in [0.2, 0.25) is 0 Å². The van der Waals surface area contributed by atoms with Crippen LogP contribution in [0, 0.1) is 0 Å². The second-order valence-electron chi connectivity index (χ2n) is 5.30. The SMILES string of the molecule is C=C(F)/C=C\C(=C)C1=NC(C)C(SC2=NC=C(CC)CC=C2)O1. The van der Waals surface area contributed by atoms with Crippen LogP contribution in [0.5, 0.6) is 0 Å². The van der Waals surface area contributed by atoms with Gasteiger partial charge in [0.05, 0.1) is 11.1 Å². The van der Waals surface area contributed by atoms with Gasteiger partial charge < -0.3 is 4.74 Å². The van der Waals surface area contributed by atoms with Crippen molar-refractivity contribution in [3.05, 3.63) is 60.6 Å². The van der Waals surface area contributed by atoms with Crippen molar-refractivity contribution in [3.8, 4) is 0 Å². The van der Waals surface area contributed by atoms with E-state index in [-0.39, 0.29) is 11.5 Å². The van der Waals surface area contributed by atoms with Gasteiger partial charge >= 0.3 is 0 Å². The Labute approximate surface area is 141 Å². The largest absolute Gasteiger partial charge is 0.460 e. The highest BCUT2D eigenvalue weighted by Gasteiger charge is 2.29. The van der Waals surface area contributed by atoms with E-state index in [1.165, 1.54) is 29.5 Å². The van der Waals surface area contributed by atoms with Gasteiger partial charge in [-0.3, -0.25) is 0 Å². The Morgan fingerprint density at radius 2 is 2.26 bits per heavy atom. The van der Waals surface area contributed by atoms with E-state index < -0.39 is 5.83 Å². The molecule has 5 heteroatoms. The Hall–Kier alpha value is -1.88. The number of halogens is 1. The number of thioether (sulfide) groups is 1. The van der Waals surface area contributed by atoms with Gasteiger partial charge in [-0.1, -0.05) is 37.9 Å². The van der Waals surface area contributed by atoms with Crippen molar-refractivity contribution in [2.24, 2.45) is 9.98 Å². The molecule has 0 fully saturated rings. The van der Waals surface area contributed by atoms with Crippen molar-refractivity contribution in [1.82, 2.24) is 0 Å². The molecular weight excluding hydrogens is 311 g/mol. The zero-order valence-corrected chi connectivity index (χ0v) is 14.3. The fourth-order valence-electron chi connectivity index (χ4n) is 2.01. The lowest BCUT2D eigenvalue weighted by atomic mass is 10.1. The van der Waals surface area contributed by atoms with Crippen LogP contribution in [-0.2, 0) is 4.74 Å². The van der Waals surface area contributed by atoms with Crippen LogP contribution in [0.15, 0.2) is 70.6 Å². The maximum Gasteiger partial charge on any atom is 0.217 e. The number of nitrogens with zero attached hydrogens (tertiary/aromatic N) is 2. The molecule has 122 valence electrons. The third kappa shape index (κ3) is 5.06. The van der Waals surface area contributed by atoms with Crippen LogP contribution < -0.4 is 0 Å². The van der Waals surface area contributed by atoms with Crippen LogP contribution in [0.4, 0.5) is 4.39 Å². The number of aliphatic imine (C=N–C) groups is 2. The van der Waals surface area contributed by atoms with Gasteiger partial charge in [-0.15, -0.1) is 0 Å². The highest BCUT2D eigenvalue weighted by molar-refractivity contribution is 8.14. The third-order valence-corrected chi connectivity index (χ3v) is 4.59. The normalized spacial score (nSPS) is 23.9. The summed E-state index contributed by atoms with van der Waals surface area (Å²) >= 11 is 1.53. The van der Waals surface area contributed by atoms with Gasteiger partial charge in [0.2, 0.25) is 5.90 Å². The summed E-state index contributed by atoms with van der Waals surface area (Å²) in [7, 11) is 0. The predicted molar refractivity (Wildman–Crippen MR) is 97.5 cm³/mol. The molecule has 0 aromatic rings. The molecule has 0 saturated heterocycles. The molecule has 2 aliphatic heterocycles. The van der Waals surface area contributed by atoms with E-state index in [1.807, 2.05) is 19.2 Å². The minimum absolute atomic E-state index is 0.0253. The number of ether oxygens (including phenoxy) is 1. The molecule has 2 unspecified atom stereocenters. The van der Waals surface area contributed by atoms with E-state index in [0.29, 0.717) is 11.5 Å². The second kappa shape index (κ2) is 8.11. The molecule has 0 amide bonds. The Kier molecular flexibility index (Phi) is 6.16. The maximum absolute atomic E-state index is 12.7. The third-order valence-electron chi connectivity index (χ3n) is 3.39. The topological polar surface area (TPSA) is 34.0 Å². The highest BCUT2D eigenvalue weighted by Crippen LogP contribution is 2.29. The van der Waals surface area contributed by atoms with E-state index in [2.05, 4.69) is 36.1 Å². The van der Waals surface area contributed by atoms with Crippen molar-refractivity contribution in [1.29, 1.82) is 0 Å². The first-order valence-electron chi connectivity index (χ1n) is 7.54. The summed E-state index contributed by atoms with van der Waals surface area (Å²) in [4.78, 5) is 8.95. The van der Waals surface area contributed by atoms with E-state index in [4.69, 9.17) is 4.74 Å². The van der Waals surface area contributed by atoms with Crippen LogP contribution in [0.25, 0.3) is 0 Å². The summed E-state index contributed by atoms with van der Waals surface area (Å²) < 4.78 is 18.5. The Morgan fingerprint density at radius 3 is 2.96 bits per heavy atom. The zero-order valence-electron chi connectivity index (χ0n) is 13.5. The molecule has 0 spiro atoms. The van der Waals surface area contributed by atoms with Crippen molar-refractivity contribution in [2.75, 3.05) is 0 Å². The molecule has 0 N–H and O–H groups in total. The fraction of sp³-hybridized carbons (Fsp3) is 0.333. The predicted octanol–water partition coefficient (Wildman–Crippen LogP) is 5.11. The van der Waals surface area contributed by atoms with Gasteiger partial charge in [0.25, 0.3) is 0 Å². The first kappa shape index (κ1) is 17.5. The first-order chi connectivity index (χ1) is 11.0. The summed E-state index contributed by atoms with van der Waals surface area (Å²) in [5.74, 6) is -0.0873. The molecule has 0 saturated carbocycles. The van der Waals surface area contributed by atoms with E-state index in [9.17, 15) is 4.39 Å². The second-order valence-corrected chi connectivity index (χ2v) is 6.42. The lowest BCUT2D eigenvalue weighted by Gasteiger charge is -2.13. The van der Waals surface area contributed by atoms with Crippen molar-refractivity contribution in [3.63, 3.8) is 0 Å². The molecule has 23 heavy (non-hydrogen) atoms. The number of allylic oxidation sites excluding steroid dienone is 4. The number of rotatable bonds is 5. The quantitative estimate of drug-likeness (QED) is 0.656. The summed E-state index contributed by atoms with van der Waals surface area (Å²) in [6.45, 7) is 11.1. The van der Waals surface area contributed by atoms with Crippen LogP contribution in [-0.4, -0.2) is 22.4 Å². The molecule has 0 aliphatic carbocycles. The Morgan fingerprint density at radius 1 is 1.48 bits per heavy atom. The highest BCUT2D eigenvalue weighted by atomic mass is 32.2. The van der Waals surface area contributed by atoms with Gasteiger partial charge in [-0.25, -0.2) is 14.4 Å². The zero-order chi connectivity index (χ0) is 16.8. The van der Waals surface area contributed by atoms with Crippen LogP contribution in [0.3, 0.4) is 0 Å².